The third kappa shape index (κ3) is 2.70. The summed E-state index contributed by atoms with van der Waals surface area (Å²) in [5.41, 5.74) is 2.85. The SMILES string of the molecule is COc1cc(C=C2CCn3c2nc2sc(C)c(C)c2c3=O)cc(OC)c1O. The van der Waals surface area contributed by atoms with Crippen LogP contribution < -0.4 is 15.0 Å². The van der Waals surface area contributed by atoms with Crippen molar-refractivity contribution in [2.45, 2.75) is 26.8 Å². The lowest BCUT2D eigenvalue weighted by molar-refractivity contribution is 0.340. The Bertz CT molecular complexity index is 1130. The Labute approximate surface area is 160 Å². The average molecular weight is 384 g/mol. The number of aromatic nitrogens is 2. The lowest BCUT2D eigenvalue weighted by Crippen LogP contribution is -2.20. The van der Waals surface area contributed by atoms with Crippen LogP contribution in [0.5, 0.6) is 17.2 Å². The van der Waals surface area contributed by atoms with E-state index < -0.39 is 0 Å². The number of nitrogens with zero attached hydrogens (tertiary/aromatic N) is 2. The number of ether oxygens (including phenoxy) is 2. The normalized spacial score (nSPS) is 14.7. The van der Waals surface area contributed by atoms with Crippen LogP contribution in [0.3, 0.4) is 0 Å². The van der Waals surface area contributed by atoms with Crippen LogP contribution in [-0.4, -0.2) is 28.9 Å². The molecular formula is C20H20N2O4S. The van der Waals surface area contributed by atoms with Gasteiger partial charge in [0.25, 0.3) is 5.56 Å². The van der Waals surface area contributed by atoms with Gasteiger partial charge in [0, 0.05) is 11.4 Å². The second-order valence-electron chi connectivity index (χ2n) is 6.55. The number of phenols is 1. The molecule has 1 aliphatic heterocycles. The number of fused-ring (bicyclic) bond motifs is 2. The third-order valence-electron chi connectivity index (χ3n) is 5.02. The number of methoxy groups -OCH3 is 2. The van der Waals surface area contributed by atoms with Gasteiger partial charge in [-0.3, -0.25) is 9.36 Å². The number of rotatable bonds is 3. The zero-order valence-electron chi connectivity index (χ0n) is 15.6. The van der Waals surface area contributed by atoms with Crippen molar-refractivity contribution in [3.05, 3.63) is 44.3 Å². The molecule has 0 saturated heterocycles. The number of hydrogen-bond acceptors (Lipinski definition) is 6. The maximum atomic E-state index is 12.9. The Morgan fingerprint density at radius 3 is 2.52 bits per heavy atom. The van der Waals surface area contributed by atoms with E-state index >= 15 is 0 Å². The molecule has 3 aromatic rings. The molecule has 0 aliphatic carbocycles. The molecule has 0 saturated carbocycles. The summed E-state index contributed by atoms with van der Waals surface area (Å²) < 4.78 is 12.2. The van der Waals surface area contributed by atoms with Gasteiger partial charge in [-0.1, -0.05) is 0 Å². The van der Waals surface area contributed by atoms with E-state index in [0.717, 1.165) is 38.2 Å². The quantitative estimate of drug-likeness (QED) is 0.745. The van der Waals surface area contributed by atoms with Gasteiger partial charge < -0.3 is 14.6 Å². The summed E-state index contributed by atoms with van der Waals surface area (Å²) in [5, 5.41) is 10.8. The summed E-state index contributed by atoms with van der Waals surface area (Å²) in [4.78, 5) is 19.6. The number of benzene rings is 1. The van der Waals surface area contributed by atoms with Gasteiger partial charge in [-0.15, -0.1) is 11.3 Å². The molecule has 2 aromatic heterocycles. The number of allylic oxidation sites excluding steroid dienone is 1. The van der Waals surface area contributed by atoms with Crippen LogP contribution in [0.25, 0.3) is 21.9 Å². The second kappa shape index (κ2) is 6.42. The molecule has 1 aliphatic rings. The number of aromatic hydroxyl groups is 1. The number of phenolic OH excluding ortho intramolecular Hbond substituents is 1. The first-order valence-electron chi connectivity index (χ1n) is 8.61. The first-order chi connectivity index (χ1) is 12.9. The summed E-state index contributed by atoms with van der Waals surface area (Å²) in [7, 11) is 2.99. The molecule has 0 amide bonds. The first-order valence-corrected chi connectivity index (χ1v) is 9.42. The summed E-state index contributed by atoms with van der Waals surface area (Å²) in [6.45, 7) is 4.61. The van der Waals surface area contributed by atoms with Crippen molar-refractivity contribution in [1.29, 1.82) is 0 Å². The van der Waals surface area contributed by atoms with Crippen LogP contribution >= 0.6 is 11.3 Å². The largest absolute Gasteiger partial charge is 0.502 e. The van der Waals surface area contributed by atoms with Crippen molar-refractivity contribution in [3.63, 3.8) is 0 Å². The van der Waals surface area contributed by atoms with Gasteiger partial charge in [0.1, 0.15) is 10.7 Å². The topological polar surface area (TPSA) is 73.6 Å². The number of thiophene rings is 1. The average Bonchev–Trinajstić information content (AvgIpc) is 3.18. The van der Waals surface area contributed by atoms with Gasteiger partial charge in [-0.05, 0) is 55.2 Å². The van der Waals surface area contributed by atoms with E-state index in [1.807, 2.05) is 19.9 Å². The van der Waals surface area contributed by atoms with E-state index in [9.17, 15) is 9.90 Å². The van der Waals surface area contributed by atoms with Crippen LogP contribution in [0.2, 0.25) is 0 Å². The zero-order chi connectivity index (χ0) is 19.3. The van der Waals surface area contributed by atoms with E-state index in [0.29, 0.717) is 23.9 Å². The van der Waals surface area contributed by atoms with E-state index in [1.54, 1.807) is 28.0 Å². The predicted octanol–water partition coefficient (Wildman–Crippen LogP) is 3.74. The fourth-order valence-corrected chi connectivity index (χ4v) is 4.48. The molecule has 0 radical (unpaired) electrons. The summed E-state index contributed by atoms with van der Waals surface area (Å²) in [5.74, 6) is 1.35. The fourth-order valence-electron chi connectivity index (χ4n) is 3.46. The van der Waals surface area contributed by atoms with E-state index in [2.05, 4.69) is 0 Å². The maximum absolute atomic E-state index is 12.9. The molecular weight excluding hydrogens is 364 g/mol. The molecule has 1 aromatic carbocycles. The van der Waals surface area contributed by atoms with Gasteiger partial charge in [0.15, 0.2) is 11.5 Å². The van der Waals surface area contributed by atoms with Crippen molar-refractivity contribution in [3.8, 4) is 17.2 Å². The predicted molar refractivity (Wildman–Crippen MR) is 107 cm³/mol. The molecule has 1 N–H and O–H groups in total. The van der Waals surface area contributed by atoms with Gasteiger partial charge in [0.05, 0.1) is 19.6 Å². The van der Waals surface area contributed by atoms with Crippen molar-refractivity contribution in [1.82, 2.24) is 9.55 Å². The van der Waals surface area contributed by atoms with Crippen molar-refractivity contribution in [2.24, 2.45) is 0 Å². The van der Waals surface area contributed by atoms with Crippen molar-refractivity contribution < 1.29 is 14.6 Å². The Morgan fingerprint density at radius 2 is 1.89 bits per heavy atom. The van der Waals surface area contributed by atoms with Crippen LogP contribution in [0.15, 0.2) is 16.9 Å². The first kappa shape index (κ1) is 17.6. The molecule has 27 heavy (non-hydrogen) atoms. The molecule has 140 valence electrons. The fraction of sp³-hybridized carbons (Fsp3) is 0.300. The highest BCUT2D eigenvalue weighted by Gasteiger charge is 2.23. The van der Waals surface area contributed by atoms with Crippen molar-refractivity contribution in [2.75, 3.05) is 14.2 Å². The van der Waals surface area contributed by atoms with E-state index in [1.165, 1.54) is 14.2 Å². The second-order valence-corrected chi connectivity index (χ2v) is 7.75. The van der Waals surface area contributed by atoms with Crippen LogP contribution in [0, 0.1) is 13.8 Å². The lowest BCUT2D eigenvalue weighted by atomic mass is 10.1. The molecule has 7 heteroatoms. The highest BCUT2D eigenvalue weighted by Crippen LogP contribution is 2.39. The van der Waals surface area contributed by atoms with Crippen LogP contribution in [0.1, 0.15) is 28.2 Å². The molecule has 0 unspecified atom stereocenters. The summed E-state index contributed by atoms with van der Waals surface area (Å²) in [6.07, 6.45) is 2.69. The highest BCUT2D eigenvalue weighted by atomic mass is 32.1. The van der Waals surface area contributed by atoms with Gasteiger partial charge in [-0.25, -0.2) is 4.98 Å². The Kier molecular flexibility index (Phi) is 4.19. The summed E-state index contributed by atoms with van der Waals surface area (Å²) in [6, 6.07) is 3.48. The number of aryl methyl sites for hydroxylation is 2. The van der Waals surface area contributed by atoms with Gasteiger partial charge >= 0.3 is 0 Å². The maximum Gasteiger partial charge on any atom is 0.262 e. The van der Waals surface area contributed by atoms with E-state index in [4.69, 9.17) is 14.5 Å². The molecule has 0 bridgehead atoms. The van der Waals surface area contributed by atoms with Gasteiger partial charge in [0.2, 0.25) is 5.75 Å². The van der Waals surface area contributed by atoms with Crippen molar-refractivity contribution >= 4 is 33.2 Å². The minimum Gasteiger partial charge on any atom is -0.502 e. The molecule has 3 heterocycles. The zero-order valence-corrected chi connectivity index (χ0v) is 16.4. The third-order valence-corrected chi connectivity index (χ3v) is 6.12. The molecule has 0 atom stereocenters. The lowest BCUT2D eigenvalue weighted by Gasteiger charge is -2.10. The molecule has 6 nitrogen and oxygen atoms in total. The Morgan fingerprint density at radius 1 is 1.22 bits per heavy atom. The highest BCUT2D eigenvalue weighted by molar-refractivity contribution is 7.18. The summed E-state index contributed by atoms with van der Waals surface area (Å²) >= 11 is 1.56. The minimum atomic E-state index is -0.0328. The smallest absolute Gasteiger partial charge is 0.262 e. The molecule has 0 spiro atoms. The van der Waals surface area contributed by atoms with Crippen LogP contribution in [-0.2, 0) is 6.54 Å². The molecule has 4 rings (SSSR count). The Balaban J connectivity index is 1.88. The standard InChI is InChI=1S/C20H20N2O4S/c1-10-11(2)27-19-16(10)20(24)22-6-5-13(18(22)21-19)7-12-8-14(25-3)17(23)15(9-12)26-4/h7-9,23H,5-6H2,1-4H3. The van der Waals surface area contributed by atoms with E-state index in [-0.39, 0.29) is 11.3 Å². The van der Waals surface area contributed by atoms with Gasteiger partial charge in [-0.2, -0.15) is 0 Å². The minimum absolute atomic E-state index is 0.0288. The monoisotopic (exact) mass is 384 g/mol. The van der Waals surface area contributed by atoms with Crippen LogP contribution in [0.4, 0.5) is 0 Å². The molecule has 0 fully saturated rings. The number of hydrogen-bond donors (Lipinski definition) is 1. The Hall–Kier alpha value is -2.80.